The monoisotopic (exact) mass is 547 g/mol. The van der Waals surface area contributed by atoms with Gasteiger partial charge in [-0.25, -0.2) is 31.7 Å². The quantitative estimate of drug-likeness (QED) is 0.263. The zero-order chi connectivity index (χ0) is 24.6. The van der Waals surface area contributed by atoms with Crippen LogP contribution in [0, 0.1) is 5.82 Å². The standard InChI is InChI=1S/C20H15ClFN5O5S2.Na.H/c1-23-15-9-14-12(8-13(15)22)18(28)27(20(30)25-14)11-4-2-10(3-5-11)24-19(29)26-34(31,32)17-7-6-16(21)33-17;;/h2-9,23H,1H3,(H,25,30)(H2,24,26,29);;/q;+1;-1. The fourth-order valence-corrected chi connectivity index (χ4v) is 5.52. The molecule has 0 fully saturated rings. The number of fused-ring (bicyclic) bond motifs is 1. The van der Waals surface area contributed by atoms with E-state index in [1.54, 1.807) is 0 Å². The SMILES string of the molecule is CNc1cc2[nH]c(=O)n(-c3ccc(NC(=O)NS(=O)(=O)c4ccc(Cl)s4)cc3)c(=O)c2cc1F.[H-].[Na+]. The molecule has 2 aromatic heterocycles. The van der Waals surface area contributed by atoms with Crippen LogP contribution in [0.3, 0.4) is 0 Å². The molecule has 2 amide bonds. The third-order valence-corrected chi connectivity index (χ3v) is 7.73. The van der Waals surface area contributed by atoms with Crippen molar-refractivity contribution in [1.29, 1.82) is 0 Å². The minimum atomic E-state index is -4.10. The van der Waals surface area contributed by atoms with Crippen LogP contribution in [0.5, 0.6) is 0 Å². The number of aromatic nitrogens is 2. The molecule has 0 aliphatic heterocycles. The molecule has 4 N–H and O–H groups in total. The van der Waals surface area contributed by atoms with E-state index >= 15 is 0 Å². The Labute approximate surface area is 230 Å². The van der Waals surface area contributed by atoms with Gasteiger partial charge >= 0.3 is 41.3 Å². The van der Waals surface area contributed by atoms with Gasteiger partial charge in [-0.05, 0) is 48.5 Å². The summed E-state index contributed by atoms with van der Waals surface area (Å²) < 4.78 is 41.3. The van der Waals surface area contributed by atoms with Crippen molar-refractivity contribution in [2.24, 2.45) is 0 Å². The second kappa shape index (κ2) is 10.5. The fourth-order valence-electron chi connectivity index (χ4n) is 3.13. The van der Waals surface area contributed by atoms with Gasteiger partial charge in [0.15, 0.2) is 0 Å². The first-order valence-corrected chi connectivity index (χ1v) is 12.1. The van der Waals surface area contributed by atoms with E-state index in [2.05, 4.69) is 15.6 Å². The van der Waals surface area contributed by atoms with Gasteiger partial charge in [-0.3, -0.25) is 4.79 Å². The number of amides is 2. The van der Waals surface area contributed by atoms with Crippen LogP contribution in [0.25, 0.3) is 16.6 Å². The van der Waals surface area contributed by atoms with Gasteiger partial charge in [-0.1, -0.05) is 11.6 Å². The van der Waals surface area contributed by atoms with Gasteiger partial charge in [0.25, 0.3) is 15.6 Å². The predicted octanol–water partition coefficient (Wildman–Crippen LogP) is 0.202. The van der Waals surface area contributed by atoms with E-state index in [4.69, 9.17) is 11.6 Å². The molecule has 4 rings (SSSR count). The van der Waals surface area contributed by atoms with Crippen LogP contribution in [0.1, 0.15) is 1.43 Å². The number of carbonyl (C=O) groups is 1. The van der Waals surface area contributed by atoms with Crippen LogP contribution in [-0.2, 0) is 10.0 Å². The smallest absolute Gasteiger partial charge is 1.00 e. The molecular formula is C20H16ClFN5NaO5S2. The second-order valence-electron chi connectivity index (χ2n) is 6.86. The Morgan fingerprint density at radius 1 is 1.14 bits per heavy atom. The first-order valence-electron chi connectivity index (χ1n) is 9.45. The molecule has 0 saturated carbocycles. The van der Waals surface area contributed by atoms with E-state index in [0.717, 1.165) is 22.0 Å². The summed E-state index contributed by atoms with van der Waals surface area (Å²) in [7, 11) is -2.60. The molecule has 2 aromatic carbocycles. The minimum Gasteiger partial charge on any atom is -1.00 e. The van der Waals surface area contributed by atoms with Crippen LogP contribution < -0.4 is 56.2 Å². The summed E-state index contributed by atoms with van der Waals surface area (Å²) in [5, 5.41) is 4.94. The number of nitrogens with one attached hydrogen (secondary N) is 4. The van der Waals surface area contributed by atoms with Crippen molar-refractivity contribution in [1.82, 2.24) is 14.3 Å². The summed E-state index contributed by atoms with van der Waals surface area (Å²) >= 11 is 6.52. The predicted molar refractivity (Wildman–Crippen MR) is 129 cm³/mol. The van der Waals surface area contributed by atoms with Gasteiger partial charge < -0.3 is 17.0 Å². The molecule has 0 spiro atoms. The van der Waals surface area contributed by atoms with E-state index in [0.29, 0.717) is 0 Å². The molecule has 0 saturated heterocycles. The number of H-pyrrole nitrogens is 1. The number of nitrogens with zero attached hydrogens (tertiary/aromatic N) is 1. The Morgan fingerprint density at radius 2 is 1.83 bits per heavy atom. The zero-order valence-electron chi connectivity index (χ0n) is 19.2. The number of carbonyl (C=O) groups excluding carboxylic acids is 1. The molecule has 35 heavy (non-hydrogen) atoms. The van der Waals surface area contributed by atoms with E-state index in [1.165, 1.54) is 49.5 Å². The van der Waals surface area contributed by atoms with E-state index in [-0.39, 0.29) is 67.5 Å². The molecule has 0 bridgehead atoms. The summed E-state index contributed by atoms with van der Waals surface area (Å²) in [4.78, 5) is 40.0. The van der Waals surface area contributed by atoms with Gasteiger partial charge in [-0.15, -0.1) is 11.3 Å². The van der Waals surface area contributed by atoms with Crippen LogP contribution in [0.15, 0.2) is 62.3 Å². The molecule has 2 heterocycles. The number of halogens is 2. The third kappa shape index (κ3) is 5.60. The van der Waals surface area contributed by atoms with Crippen molar-refractivity contribution < 1.29 is 48.6 Å². The number of hydrogen-bond acceptors (Lipinski definition) is 7. The third-order valence-electron chi connectivity index (χ3n) is 4.68. The zero-order valence-corrected chi connectivity index (χ0v) is 22.6. The minimum absolute atomic E-state index is 0. The molecule has 4 aromatic rings. The second-order valence-corrected chi connectivity index (χ2v) is 10.5. The summed E-state index contributed by atoms with van der Waals surface area (Å²) in [6, 6.07) is 9.44. The number of anilines is 2. The van der Waals surface area contributed by atoms with Gasteiger partial charge in [0.2, 0.25) is 0 Å². The van der Waals surface area contributed by atoms with Crippen molar-refractivity contribution in [3.05, 3.63) is 79.5 Å². The van der Waals surface area contributed by atoms with Crippen LogP contribution >= 0.6 is 22.9 Å². The number of urea groups is 1. The maximum absolute atomic E-state index is 14.1. The molecule has 0 aliphatic rings. The molecule has 178 valence electrons. The first kappa shape index (κ1) is 26.9. The number of sulfonamides is 1. The Morgan fingerprint density at radius 3 is 2.43 bits per heavy atom. The summed E-state index contributed by atoms with van der Waals surface area (Å²) in [6.45, 7) is 0. The molecule has 0 atom stereocenters. The number of aromatic amines is 1. The van der Waals surface area contributed by atoms with E-state index in [9.17, 15) is 27.2 Å². The Balaban J connectivity index is 0.00000228. The van der Waals surface area contributed by atoms with Crippen molar-refractivity contribution >= 4 is 61.3 Å². The van der Waals surface area contributed by atoms with Crippen LogP contribution in [0.4, 0.5) is 20.6 Å². The van der Waals surface area contributed by atoms with Gasteiger partial charge in [0.05, 0.1) is 26.6 Å². The molecule has 0 unspecified atom stereocenters. The average Bonchev–Trinajstić information content (AvgIpc) is 3.22. The van der Waals surface area contributed by atoms with Gasteiger partial charge in [0.1, 0.15) is 10.0 Å². The Hall–Kier alpha value is -2.68. The molecule has 0 aliphatic carbocycles. The van der Waals surface area contributed by atoms with Gasteiger partial charge in [-0.2, -0.15) is 0 Å². The van der Waals surface area contributed by atoms with Crippen molar-refractivity contribution in [2.45, 2.75) is 4.21 Å². The summed E-state index contributed by atoms with van der Waals surface area (Å²) in [5.74, 6) is -0.656. The summed E-state index contributed by atoms with van der Waals surface area (Å²) in [6.07, 6.45) is 0. The number of hydrogen-bond donors (Lipinski definition) is 4. The fraction of sp³-hybridized carbons (Fsp3) is 0.0500. The maximum Gasteiger partial charge on any atom is 1.00 e. The average molecular weight is 548 g/mol. The molecule has 0 radical (unpaired) electrons. The molecule has 15 heteroatoms. The van der Waals surface area contributed by atoms with Crippen LogP contribution in [0.2, 0.25) is 4.34 Å². The topological polar surface area (TPSA) is 142 Å². The first-order chi connectivity index (χ1) is 16.1. The number of benzene rings is 2. The van der Waals surface area contributed by atoms with Crippen molar-refractivity contribution in [3.8, 4) is 5.69 Å². The van der Waals surface area contributed by atoms with E-state index < -0.39 is 33.1 Å². The van der Waals surface area contributed by atoms with Crippen molar-refractivity contribution in [3.63, 3.8) is 0 Å². The number of thiophene rings is 1. The van der Waals surface area contributed by atoms with Crippen LogP contribution in [-0.4, -0.2) is 31.0 Å². The Kier molecular flexibility index (Phi) is 8.09. The van der Waals surface area contributed by atoms with Gasteiger partial charge in [0, 0.05) is 12.7 Å². The number of rotatable bonds is 5. The van der Waals surface area contributed by atoms with E-state index in [1.807, 2.05) is 4.72 Å². The summed E-state index contributed by atoms with van der Waals surface area (Å²) in [5.41, 5.74) is -0.850. The maximum atomic E-state index is 14.1. The molecular weight excluding hydrogens is 532 g/mol. The van der Waals surface area contributed by atoms with Crippen molar-refractivity contribution in [2.75, 3.05) is 17.7 Å². The largest absolute Gasteiger partial charge is 1.00 e. The Bertz CT molecular complexity index is 1660. The normalized spacial score (nSPS) is 11.1. The molecule has 10 nitrogen and oxygen atoms in total.